The molecule has 0 spiro atoms. The quantitative estimate of drug-likeness (QED) is 0.797. The third-order valence-electron chi connectivity index (χ3n) is 3.06. The Morgan fingerprint density at radius 2 is 2.00 bits per heavy atom. The van der Waals surface area contributed by atoms with E-state index in [0.29, 0.717) is 28.4 Å². The molecule has 1 fully saturated rings. The molecule has 0 heterocycles. The highest BCUT2D eigenvalue weighted by molar-refractivity contribution is 6.37. The van der Waals surface area contributed by atoms with Crippen LogP contribution in [-0.4, -0.2) is 19.2 Å². The van der Waals surface area contributed by atoms with E-state index in [-0.39, 0.29) is 0 Å². The fourth-order valence-electron chi connectivity index (χ4n) is 1.82. The zero-order chi connectivity index (χ0) is 12.3. The van der Waals surface area contributed by atoms with Crippen LogP contribution in [0.1, 0.15) is 19.8 Å². The molecule has 0 aliphatic heterocycles. The lowest BCUT2D eigenvalue weighted by Crippen LogP contribution is -2.31. The number of para-hydroxylation sites is 1. The summed E-state index contributed by atoms with van der Waals surface area (Å²) in [6, 6.07) is 5.96. The Bertz CT molecular complexity index is 359. The second-order valence-corrected chi connectivity index (χ2v) is 5.29. The van der Waals surface area contributed by atoms with Gasteiger partial charge in [-0.25, -0.2) is 0 Å². The van der Waals surface area contributed by atoms with Gasteiger partial charge < -0.3 is 10.1 Å². The molecule has 1 aromatic carbocycles. The summed E-state index contributed by atoms with van der Waals surface area (Å²) in [5.41, 5.74) is 0. The Morgan fingerprint density at radius 3 is 2.59 bits per heavy atom. The molecule has 1 N–H and O–H groups in total. The summed E-state index contributed by atoms with van der Waals surface area (Å²) >= 11 is 12.0. The molecule has 0 amide bonds. The monoisotopic (exact) mass is 273 g/mol. The van der Waals surface area contributed by atoms with Crippen molar-refractivity contribution in [3.8, 4) is 5.75 Å². The second kappa shape index (κ2) is 5.94. The molecular formula is C13H17Cl2NO. The van der Waals surface area contributed by atoms with Crippen molar-refractivity contribution in [3.63, 3.8) is 0 Å². The van der Waals surface area contributed by atoms with Crippen LogP contribution in [0.3, 0.4) is 0 Å². The molecule has 0 saturated heterocycles. The zero-order valence-electron chi connectivity index (χ0n) is 9.88. The van der Waals surface area contributed by atoms with Crippen molar-refractivity contribution >= 4 is 23.2 Å². The van der Waals surface area contributed by atoms with E-state index in [1.165, 1.54) is 12.8 Å². The first kappa shape index (κ1) is 13.0. The lowest BCUT2D eigenvalue weighted by Gasteiger charge is -2.14. The standard InChI is InChI=1S/C13H17Cl2NO/c1-9(10-5-6-10)16-7-8-17-13-11(14)3-2-4-12(13)15/h2-4,9-10,16H,5-8H2,1H3. The highest BCUT2D eigenvalue weighted by atomic mass is 35.5. The van der Waals surface area contributed by atoms with Gasteiger partial charge in [-0.15, -0.1) is 0 Å². The van der Waals surface area contributed by atoms with Crippen LogP contribution in [0.25, 0.3) is 0 Å². The van der Waals surface area contributed by atoms with Crippen LogP contribution in [0.5, 0.6) is 5.75 Å². The largest absolute Gasteiger partial charge is 0.489 e. The summed E-state index contributed by atoms with van der Waals surface area (Å²) in [4.78, 5) is 0. The molecular weight excluding hydrogens is 257 g/mol. The van der Waals surface area contributed by atoms with Gasteiger partial charge in [0.25, 0.3) is 0 Å². The van der Waals surface area contributed by atoms with Crippen molar-refractivity contribution in [1.82, 2.24) is 5.32 Å². The maximum atomic E-state index is 6.00. The molecule has 1 aliphatic rings. The lowest BCUT2D eigenvalue weighted by atomic mass is 10.2. The highest BCUT2D eigenvalue weighted by Gasteiger charge is 2.27. The fourth-order valence-corrected chi connectivity index (χ4v) is 2.33. The summed E-state index contributed by atoms with van der Waals surface area (Å²) in [5, 5.41) is 4.57. The number of hydrogen-bond donors (Lipinski definition) is 1. The van der Waals surface area contributed by atoms with Crippen molar-refractivity contribution in [2.45, 2.75) is 25.8 Å². The molecule has 2 rings (SSSR count). The van der Waals surface area contributed by atoms with Crippen molar-refractivity contribution in [1.29, 1.82) is 0 Å². The maximum Gasteiger partial charge on any atom is 0.156 e. The summed E-state index contributed by atoms with van der Waals surface area (Å²) in [6.07, 6.45) is 2.71. The maximum absolute atomic E-state index is 6.00. The molecule has 0 bridgehead atoms. The van der Waals surface area contributed by atoms with Gasteiger partial charge in [0.05, 0.1) is 10.0 Å². The number of ether oxygens (including phenoxy) is 1. The van der Waals surface area contributed by atoms with Crippen molar-refractivity contribution < 1.29 is 4.74 Å². The number of halogens is 2. The van der Waals surface area contributed by atoms with Crippen LogP contribution < -0.4 is 10.1 Å². The molecule has 1 aliphatic carbocycles. The van der Waals surface area contributed by atoms with E-state index in [9.17, 15) is 0 Å². The Kier molecular flexibility index (Phi) is 4.55. The van der Waals surface area contributed by atoms with E-state index in [4.69, 9.17) is 27.9 Å². The van der Waals surface area contributed by atoms with E-state index < -0.39 is 0 Å². The average Bonchev–Trinajstić information content (AvgIpc) is 3.11. The highest BCUT2D eigenvalue weighted by Crippen LogP contribution is 2.33. The third kappa shape index (κ3) is 3.77. The van der Waals surface area contributed by atoms with E-state index in [2.05, 4.69) is 12.2 Å². The topological polar surface area (TPSA) is 21.3 Å². The molecule has 1 atom stereocenters. The van der Waals surface area contributed by atoms with Gasteiger partial charge in [0.2, 0.25) is 0 Å². The Hall–Kier alpha value is -0.440. The fraction of sp³-hybridized carbons (Fsp3) is 0.538. The molecule has 1 aromatic rings. The van der Waals surface area contributed by atoms with Crippen molar-refractivity contribution in [3.05, 3.63) is 28.2 Å². The minimum Gasteiger partial charge on any atom is -0.489 e. The number of benzene rings is 1. The van der Waals surface area contributed by atoms with E-state index >= 15 is 0 Å². The molecule has 1 saturated carbocycles. The van der Waals surface area contributed by atoms with Gasteiger partial charge in [0, 0.05) is 12.6 Å². The molecule has 0 radical (unpaired) electrons. The summed E-state index contributed by atoms with van der Waals surface area (Å²) < 4.78 is 5.59. The van der Waals surface area contributed by atoms with Crippen LogP contribution in [0.2, 0.25) is 10.0 Å². The smallest absolute Gasteiger partial charge is 0.156 e. The number of rotatable bonds is 6. The normalized spacial score (nSPS) is 16.9. The Labute approximate surface area is 112 Å². The van der Waals surface area contributed by atoms with E-state index in [1.807, 2.05) is 6.07 Å². The van der Waals surface area contributed by atoms with Crippen LogP contribution >= 0.6 is 23.2 Å². The Balaban J connectivity index is 1.74. The van der Waals surface area contributed by atoms with Crippen molar-refractivity contribution in [2.24, 2.45) is 5.92 Å². The van der Waals surface area contributed by atoms with Gasteiger partial charge in [0.15, 0.2) is 5.75 Å². The van der Waals surface area contributed by atoms with Crippen LogP contribution in [0, 0.1) is 5.92 Å². The molecule has 0 aromatic heterocycles. The first-order valence-corrected chi connectivity index (χ1v) is 6.74. The molecule has 1 unspecified atom stereocenters. The van der Waals surface area contributed by atoms with Crippen LogP contribution in [0.4, 0.5) is 0 Å². The zero-order valence-corrected chi connectivity index (χ0v) is 11.4. The number of hydrogen-bond acceptors (Lipinski definition) is 2. The lowest BCUT2D eigenvalue weighted by molar-refractivity contribution is 0.303. The van der Waals surface area contributed by atoms with Gasteiger partial charge in [-0.1, -0.05) is 29.3 Å². The second-order valence-electron chi connectivity index (χ2n) is 4.48. The van der Waals surface area contributed by atoms with Gasteiger partial charge in [-0.2, -0.15) is 0 Å². The minimum absolute atomic E-state index is 0.563. The first-order valence-electron chi connectivity index (χ1n) is 5.98. The predicted molar refractivity (Wildman–Crippen MR) is 72.1 cm³/mol. The Morgan fingerprint density at radius 1 is 1.35 bits per heavy atom. The molecule has 4 heteroatoms. The van der Waals surface area contributed by atoms with Gasteiger partial charge in [0.1, 0.15) is 6.61 Å². The molecule has 94 valence electrons. The third-order valence-corrected chi connectivity index (χ3v) is 3.66. The SMILES string of the molecule is CC(NCCOc1c(Cl)cccc1Cl)C1CC1. The predicted octanol–water partition coefficient (Wildman–Crippen LogP) is 3.76. The molecule has 17 heavy (non-hydrogen) atoms. The van der Waals surface area contributed by atoms with E-state index in [0.717, 1.165) is 12.5 Å². The van der Waals surface area contributed by atoms with Gasteiger partial charge in [-0.3, -0.25) is 0 Å². The average molecular weight is 274 g/mol. The van der Waals surface area contributed by atoms with Gasteiger partial charge >= 0.3 is 0 Å². The van der Waals surface area contributed by atoms with E-state index in [1.54, 1.807) is 12.1 Å². The minimum atomic E-state index is 0.563. The summed E-state index contributed by atoms with van der Waals surface area (Å²) in [5.74, 6) is 1.44. The van der Waals surface area contributed by atoms with Crippen LogP contribution in [0.15, 0.2) is 18.2 Å². The van der Waals surface area contributed by atoms with Crippen molar-refractivity contribution in [2.75, 3.05) is 13.2 Å². The van der Waals surface area contributed by atoms with Gasteiger partial charge in [-0.05, 0) is 37.8 Å². The first-order chi connectivity index (χ1) is 8.18. The molecule has 2 nitrogen and oxygen atoms in total. The van der Waals surface area contributed by atoms with Crippen LogP contribution in [-0.2, 0) is 0 Å². The summed E-state index contributed by atoms with van der Waals surface area (Å²) in [7, 11) is 0. The number of nitrogens with one attached hydrogen (secondary N) is 1. The summed E-state index contributed by atoms with van der Waals surface area (Å²) in [6.45, 7) is 3.62.